The number of ether oxygens (including phenoxy) is 1. The molecule has 0 bridgehead atoms. The molecular formula is C11H15FN2O2. The van der Waals surface area contributed by atoms with E-state index < -0.39 is 17.6 Å². The molecule has 16 heavy (non-hydrogen) atoms. The molecule has 1 N–H and O–H groups in total. The van der Waals surface area contributed by atoms with Crippen molar-refractivity contribution in [2.75, 3.05) is 0 Å². The van der Waals surface area contributed by atoms with E-state index in [9.17, 15) is 9.18 Å². The Kier molecular flexibility index (Phi) is 3.82. The predicted octanol–water partition coefficient (Wildman–Crippen LogP) is 2.25. The van der Waals surface area contributed by atoms with Gasteiger partial charge in [0.05, 0.1) is 0 Å². The fourth-order valence-electron chi connectivity index (χ4n) is 0.999. The van der Waals surface area contributed by atoms with Crippen LogP contribution >= 0.6 is 0 Å². The highest BCUT2D eigenvalue weighted by molar-refractivity contribution is 5.67. The Morgan fingerprint density at radius 2 is 2.19 bits per heavy atom. The summed E-state index contributed by atoms with van der Waals surface area (Å²) < 4.78 is 17.5. The van der Waals surface area contributed by atoms with Crippen LogP contribution in [0.5, 0.6) is 0 Å². The molecule has 0 unspecified atom stereocenters. The van der Waals surface area contributed by atoms with Gasteiger partial charge in [0, 0.05) is 12.7 Å². The number of rotatable bonds is 2. The molecule has 0 aliphatic heterocycles. The minimum atomic E-state index is -0.541. The molecule has 0 saturated carbocycles. The molecule has 0 aromatic carbocycles. The van der Waals surface area contributed by atoms with Gasteiger partial charge in [-0.1, -0.05) is 6.07 Å². The number of nitrogens with zero attached hydrogens (tertiary/aromatic N) is 1. The number of halogens is 1. The number of carbonyl (C=O) groups is 1. The molecule has 0 radical (unpaired) electrons. The molecule has 0 spiro atoms. The average molecular weight is 226 g/mol. The number of carbonyl (C=O) groups excluding carboxylic acids is 1. The van der Waals surface area contributed by atoms with Crippen molar-refractivity contribution in [3.63, 3.8) is 0 Å². The van der Waals surface area contributed by atoms with E-state index in [1.807, 2.05) is 0 Å². The van der Waals surface area contributed by atoms with Crippen LogP contribution in [-0.4, -0.2) is 16.7 Å². The van der Waals surface area contributed by atoms with Gasteiger partial charge in [-0.3, -0.25) is 0 Å². The number of amides is 1. The number of hydrogen-bond donors (Lipinski definition) is 1. The summed E-state index contributed by atoms with van der Waals surface area (Å²) in [5.74, 6) is -0.541. The second-order valence-corrected chi connectivity index (χ2v) is 4.34. The first-order valence-corrected chi connectivity index (χ1v) is 4.94. The van der Waals surface area contributed by atoms with Crippen molar-refractivity contribution >= 4 is 6.09 Å². The summed E-state index contributed by atoms with van der Waals surface area (Å²) in [5.41, 5.74) is 0.192. The highest BCUT2D eigenvalue weighted by Crippen LogP contribution is 2.07. The lowest BCUT2D eigenvalue weighted by Crippen LogP contribution is -2.32. The summed E-state index contributed by atoms with van der Waals surface area (Å²) in [7, 11) is 0. The van der Waals surface area contributed by atoms with Gasteiger partial charge in [0.1, 0.15) is 5.60 Å². The van der Waals surface area contributed by atoms with E-state index in [2.05, 4.69) is 10.3 Å². The van der Waals surface area contributed by atoms with Crippen LogP contribution in [0.2, 0.25) is 0 Å². The molecule has 1 aromatic heterocycles. The molecule has 4 nitrogen and oxygen atoms in total. The molecule has 0 fully saturated rings. The van der Waals surface area contributed by atoms with E-state index in [-0.39, 0.29) is 6.54 Å². The lowest BCUT2D eigenvalue weighted by atomic mass is 10.2. The lowest BCUT2D eigenvalue weighted by Gasteiger charge is -2.19. The number of aromatic nitrogens is 1. The van der Waals surface area contributed by atoms with Gasteiger partial charge in [0.25, 0.3) is 0 Å². The maximum Gasteiger partial charge on any atom is 0.407 e. The molecule has 0 saturated heterocycles. The van der Waals surface area contributed by atoms with Crippen LogP contribution in [0.4, 0.5) is 9.18 Å². The summed E-state index contributed by atoms with van der Waals surface area (Å²) in [5, 5.41) is 2.55. The number of nitrogens with one attached hydrogen (secondary N) is 1. The minimum absolute atomic E-state index is 0.266. The Morgan fingerprint density at radius 1 is 1.50 bits per heavy atom. The SMILES string of the molecule is CC(C)(C)OC(=O)NCc1ccc(F)nc1. The molecule has 0 aliphatic rings. The zero-order chi connectivity index (χ0) is 12.2. The van der Waals surface area contributed by atoms with Gasteiger partial charge in [-0.25, -0.2) is 9.78 Å². The number of pyridine rings is 1. The predicted molar refractivity (Wildman–Crippen MR) is 57.3 cm³/mol. The maximum absolute atomic E-state index is 12.5. The van der Waals surface area contributed by atoms with Crippen LogP contribution in [0.1, 0.15) is 26.3 Å². The van der Waals surface area contributed by atoms with Crippen molar-refractivity contribution in [2.45, 2.75) is 32.9 Å². The van der Waals surface area contributed by atoms with Crippen LogP contribution in [0.3, 0.4) is 0 Å². The lowest BCUT2D eigenvalue weighted by molar-refractivity contribution is 0.0523. The van der Waals surface area contributed by atoms with Crippen LogP contribution < -0.4 is 5.32 Å². The average Bonchev–Trinajstić information content (AvgIpc) is 2.14. The van der Waals surface area contributed by atoms with Gasteiger partial charge in [-0.05, 0) is 32.4 Å². The van der Waals surface area contributed by atoms with Crippen LogP contribution in [-0.2, 0) is 11.3 Å². The van der Waals surface area contributed by atoms with E-state index >= 15 is 0 Å². The maximum atomic E-state index is 12.5. The summed E-state index contributed by atoms with van der Waals surface area (Å²) in [6.07, 6.45) is 0.865. The molecule has 5 heteroatoms. The van der Waals surface area contributed by atoms with E-state index in [1.165, 1.54) is 12.3 Å². The summed E-state index contributed by atoms with van der Waals surface area (Å²) in [6.45, 7) is 5.62. The molecule has 1 heterocycles. The van der Waals surface area contributed by atoms with Crippen LogP contribution in [0, 0.1) is 5.95 Å². The second kappa shape index (κ2) is 4.92. The molecule has 1 amide bonds. The normalized spacial score (nSPS) is 11.0. The Bertz CT molecular complexity index is 357. The minimum Gasteiger partial charge on any atom is -0.444 e. The van der Waals surface area contributed by atoms with E-state index in [4.69, 9.17) is 4.74 Å². The van der Waals surface area contributed by atoms with Gasteiger partial charge < -0.3 is 10.1 Å². The third kappa shape index (κ3) is 4.72. The second-order valence-electron chi connectivity index (χ2n) is 4.34. The zero-order valence-electron chi connectivity index (χ0n) is 9.58. The van der Waals surface area contributed by atoms with Crippen molar-refractivity contribution < 1.29 is 13.9 Å². The largest absolute Gasteiger partial charge is 0.444 e. The quantitative estimate of drug-likeness (QED) is 0.787. The molecule has 0 aliphatic carbocycles. The third-order valence-corrected chi connectivity index (χ3v) is 1.62. The van der Waals surface area contributed by atoms with E-state index in [1.54, 1.807) is 26.8 Å². The van der Waals surface area contributed by atoms with Gasteiger partial charge in [0.2, 0.25) is 5.95 Å². The first-order chi connectivity index (χ1) is 7.37. The zero-order valence-corrected chi connectivity index (χ0v) is 9.58. The molecule has 88 valence electrons. The molecule has 1 aromatic rings. The Morgan fingerprint density at radius 3 is 2.69 bits per heavy atom. The topological polar surface area (TPSA) is 51.2 Å². The first-order valence-electron chi connectivity index (χ1n) is 4.94. The summed E-state index contributed by atoms with van der Waals surface area (Å²) in [6, 6.07) is 2.80. The Balaban J connectivity index is 2.40. The molecule has 1 rings (SSSR count). The Hall–Kier alpha value is -1.65. The summed E-state index contributed by atoms with van der Waals surface area (Å²) in [4.78, 5) is 14.7. The summed E-state index contributed by atoms with van der Waals surface area (Å²) >= 11 is 0. The van der Waals surface area contributed by atoms with Crippen LogP contribution in [0.25, 0.3) is 0 Å². The van der Waals surface area contributed by atoms with Crippen molar-refractivity contribution in [3.05, 3.63) is 29.8 Å². The highest BCUT2D eigenvalue weighted by atomic mass is 19.1. The standard InChI is InChI=1S/C11H15FN2O2/c1-11(2,3)16-10(15)14-7-8-4-5-9(12)13-6-8/h4-6H,7H2,1-3H3,(H,14,15). The number of alkyl carbamates (subject to hydrolysis) is 1. The smallest absolute Gasteiger partial charge is 0.407 e. The monoisotopic (exact) mass is 226 g/mol. The van der Waals surface area contributed by atoms with Crippen molar-refractivity contribution in [2.24, 2.45) is 0 Å². The van der Waals surface area contributed by atoms with Gasteiger partial charge in [0.15, 0.2) is 0 Å². The van der Waals surface area contributed by atoms with E-state index in [0.29, 0.717) is 5.56 Å². The van der Waals surface area contributed by atoms with Crippen molar-refractivity contribution in [3.8, 4) is 0 Å². The van der Waals surface area contributed by atoms with Gasteiger partial charge in [-0.15, -0.1) is 0 Å². The van der Waals surface area contributed by atoms with Crippen molar-refractivity contribution in [1.82, 2.24) is 10.3 Å². The van der Waals surface area contributed by atoms with Crippen molar-refractivity contribution in [1.29, 1.82) is 0 Å². The fourth-order valence-corrected chi connectivity index (χ4v) is 0.999. The van der Waals surface area contributed by atoms with Crippen LogP contribution in [0.15, 0.2) is 18.3 Å². The molecular weight excluding hydrogens is 211 g/mol. The third-order valence-electron chi connectivity index (χ3n) is 1.62. The molecule has 0 atom stereocenters. The fraction of sp³-hybridized carbons (Fsp3) is 0.455. The van der Waals surface area contributed by atoms with Gasteiger partial charge in [-0.2, -0.15) is 4.39 Å². The highest BCUT2D eigenvalue weighted by Gasteiger charge is 2.15. The van der Waals surface area contributed by atoms with Gasteiger partial charge >= 0.3 is 6.09 Å². The first kappa shape index (κ1) is 12.4. The van der Waals surface area contributed by atoms with E-state index in [0.717, 1.165) is 0 Å². The number of hydrogen-bond acceptors (Lipinski definition) is 3. The Labute approximate surface area is 93.8 Å².